The van der Waals surface area contributed by atoms with Crippen molar-refractivity contribution in [1.82, 2.24) is 0 Å². The lowest BCUT2D eigenvalue weighted by molar-refractivity contribution is -0.130. The minimum atomic E-state index is -0.554. The van der Waals surface area contributed by atoms with Gasteiger partial charge in [-0.3, -0.25) is 0 Å². The molecule has 0 aromatic heterocycles. The fourth-order valence-corrected chi connectivity index (χ4v) is 1.29. The van der Waals surface area contributed by atoms with Crippen LogP contribution in [0.15, 0.2) is 36.1 Å². The molecule has 2 nitrogen and oxygen atoms in total. The Balaban J connectivity index is 2.95. The van der Waals surface area contributed by atoms with Gasteiger partial charge in [0.25, 0.3) is 0 Å². The number of benzene rings is 1. The van der Waals surface area contributed by atoms with Gasteiger partial charge in [0.1, 0.15) is 0 Å². The van der Waals surface area contributed by atoms with Crippen LogP contribution < -0.4 is 0 Å². The molecule has 0 bridgehead atoms. The average molecular weight is 240 g/mol. The molecule has 0 N–H and O–H groups in total. The molecule has 18 heavy (non-hydrogen) atoms. The lowest BCUT2D eigenvalue weighted by Gasteiger charge is -2.04. The summed E-state index contributed by atoms with van der Waals surface area (Å²) in [7, 11) is 0. The van der Waals surface area contributed by atoms with E-state index in [0.717, 1.165) is 11.1 Å². The summed E-state index contributed by atoms with van der Waals surface area (Å²) in [5.41, 5.74) is 4.87. The SMILES string of the molecule is CC=C=C(OC(=O)C#CCC)c1ccc(C)cc1. The highest BCUT2D eigenvalue weighted by atomic mass is 16.5. The third-order valence-corrected chi connectivity index (χ3v) is 2.15. The molecule has 0 heterocycles. The van der Waals surface area contributed by atoms with E-state index in [1.54, 1.807) is 6.08 Å². The maximum atomic E-state index is 11.5. The van der Waals surface area contributed by atoms with Gasteiger partial charge in [0.15, 0.2) is 5.76 Å². The molecule has 0 amide bonds. The number of rotatable bonds is 2. The predicted octanol–water partition coefficient (Wildman–Crippen LogP) is 3.47. The van der Waals surface area contributed by atoms with Gasteiger partial charge in [-0.05, 0) is 19.9 Å². The van der Waals surface area contributed by atoms with E-state index < -0.39 is 5.97 Å². The first-order chi connectivity index (χ1) is 8.67. The molecule has 1 aromatic carbocycles. The molecule has 2 heteroatoms. The van der Waals surface area contributed by atoms with Gasteiger partial charge in [0, 0.05) is 17.9 Å². The van der Waals surface area contributed by atoms with E-state index in [0.29, 0.717) is 12.2 Å². The second-order valence-corrected chi connectivity index (χ2v) is 3.67. The fraction of sp³-hybridized carbons (Fsp3) is 0.250. The largest absolute Gasteiger partial charge is 0.408 e. The number of hydrogen-bond donors (Lipinski definition) is 0. The molecular formula is C16H16O2. The normalized spacial score (nSPS) is 8.61. The van der Waals surface area contributed by atoms with Crippen molar-refractivity contribution in [3.63, 3.8) is 0 Å². The third-order valence-electron chi connectivity index (χ3n) is 2.15. The van der Waals surface area contributed by atoms with Crippen LogP contribution in [0.3, 0.4) is 0 Å². The standard InChI is InChI=1S/C16H16O2/c1-4-6-8-16(17)18-15(7-5-2)14-11-9-13(3)10-12-14/h5,9-12H,4H2,1-3H3. The van der Waals surface area contributed by atoms with Crippen molar-refractivity contribution in [2.45, 2.75) is 27.2 Å². The van der Waals surface area contributed by atoms with E-state index in [2.05, 4.69) is 17.6 Å². The lowest BCUT2D eigenvalue weighted by Crippen LogP contribution is -2.00. The Labute approximate surface area is 108 Å². The van der Waals surface area contributed by atoms with Crippen LogP contribution >= 0.6 is 0 Å². The van der Waals surface area contributed by atoms with Crippen molar-refractivity contribution >= 4 is 11.7 Å². The zero-order valence-electron chi connectivity index (χ0n) is 10.9. The highest BCUT2D eigenvalue weighted by Gasteiger charge is 2.06. The monoisotopic (exact) mass is 240 g/mol. The molecular weight excluding hydrogens is 224 g/mol. The Kier molecular flexibility index (Phi) is 5.51. The van der Waals surface area contributed by atoms with Crippen molar-refractivity contribution in [3.8, 4) is 11.8 Å². The van der Waals surface area contributed by atoms with E-state index in [1.165, 1.54) is 0 Å². The molecule has 0 aliphatic carbocycles. The Morgan fingerprint density at radius 1 is 1.33 bits per heavy atom. The molecule has 0 unspecified atom stereocenters. The van der Waals surface area contributed by atoms with Gasteiger partial charge in [-0.15, -0.1) is 0 Å². The quantitative estimate of drug-likeness (QED) is 0.260. The predicted molar refractivity (Wildman–Crippen MR) is 72.5 cm³/mol. The van der Waals surface area contributed by atoms with Crippen LogP contribution in [0, 0.1) is 18.8 Å². The Bertz CT molecular complexity index is 533. The van der Waals surface area contributed by atoms with Crippen LogP contribution in [0.4, 0.5) is 0 Å². The molecule has 0 atom stereocenters. The molecule has 1 aromatic rings. The summed E-state index contributed by atoms with van der Waals surface area (Å²) >= 11 is 0. The van der Waals surface area contributed by atoms with E-state index in [-0.39, 0.29) is 0 Å². The maximum Gasteiger partial charge on any atom is 0.390 e. The summed E-state index contributed by atoms with van der Waals surface area (Å²) in [5.74, 6) is 4.94. The Morgan fingerprint density at radius 3 is 2.56 bits per heavy atom. The van der Waals surface area contributed by atoms with Crippen LogP contribution in [-0.4, -0.2) is 5.97 Å². The topological polar surface area (TPSA) is 26.3 Å². The number of allylic oxidation sites excluding steroid dienone is 1. The van der Waals surface area contributed by atoms with E-state index in [1.807, 2.05) is 45.0 Å². The fourth-order valence-electron chi connectivity index (χ4n) is 1.29. The van der Waals surface area contributed by atoms with Crippen molar-refractivity contribution < 1.29 is 9.53 Å². The molecule has 0 aliphatic heterocycles. The first kappa shape index (κ1) is 13.8. The number of carbonyl (C=O) groups excluding carboxylic acids is 1. The number of hydrogen-bond acceptors (Lipinski definition) is 2. The zero-order valence-corrected chi connectivity index (χ0v) is 10.9. The van der Waals surface area contributed by atoms with Crippen molar-refractivity contribution in [1.29, 1.82) is 0 Å². The van der Waals surface area contributed by atoms with Gasteiger partial charge in [-0.1, -0.05) is 48.4 Å². The summed E-state index contributed by atoms with van der Waals surface area (Å²) in [6.07, 6.45) is 2.33. The first-order valence-electron chi connectivity index (χ1n) is 5.86. The van der Waals surface area contributed by atoms with E-state index >= 15 is 0 Å². The van der Waals surface area contributed by atoms with Gasteiger partial charge in [-0.25, -0.2) is 4.79 Å². The molecule has 0 aliphatic rings. The Morgan fingerprint density at radius 2 is 2.00 bits per heavy atom. The van der Waals surface area contributed by atoms with Gasteiger partial charge in [0.2, 0.25) is 0 Å². The van der Waals surface area contributed by atoms with E-state index in [9.17, 15) is 4.79 Å². The highest BCUT2D eigenvalue weighted by molar-refractivity contribution is 5.92. The van der Waals surface area contributed by atoms with Crippen molar-refractivity contribution in [2.75, 3.05) is 0 Å². The number of aryl methyl sites for hydroxylation is 1. The molecule has 0 fully saturated rings. The van der Waals surface area contributed by atoms with Crippen molar-refractivity contribution in [2.24, 2.45) is 0 Å². The van der Waals surface area contributed by atoms with Crippen LogP contribution in [0.25, 0.3) is 5.76 Å². The highest BCUT2D eigenvalue weighted by Crippen LogP contribution is 2.15. The minimum absolute atomic E-state index is 0.396. The maximum absolute atomic E-state index is 11.5. The summed E-state index contributed by atoms with van der Waals surface area (Å²) in [5, 5.41) is 0. The number of carbonyl (C=O) groups is 1. The van der Waals surface area contributed by atoms with Crippen LogP contribution in [0.1, 0.15) is 31.4 Å². The first-order valence-corrected chi connectivity index (χ1v) is 5.86. The molecule has 1 rings (SSSR count). The molecule has 0 spiro atoms. The van der Waals surface area contributed by atoms with Gasteiger partial charge >= 0.3 is 5.97 Å². The molecule has 0 saturated carbocycles. The summed E-state index contributed by atoms with van der Waals surface area (Å²) in [6.45, 7) is 5.70. The van der Waals surface area contributed by atoms with Crippen LogP contribution in [0.5, 0.6) is 0 Å². The van der Waals surface area contributed by atoms with Gasteiger partial charge < -0.3 is 4.74 Å². The summed E-state index contributed by atoms with van der Waals surface area (Å²) in [4.78, 5) is 11.5. The Hall–Kier alpha value is -2.23. The van der Waals surface area contributed by atoms with Gasteiger partial charge in [0.05, 0.1) is 0 Å². The molecule has 92 valence electrons. The second-order valence-electron chi connectivity index (χ2n) is 3.67. The van der Waals surface area contributed by atoms with Crippen LogP contribution in [0.2, 0.25) is 0 Å². The third kappa shape index (κ3) is 4.33. The second kappa shape index (κ2) is 7.17. The average Bonchev–Trinajstić information content (AvgIpc) is 2.37. The summed E-state index contributed by atoms with van der Waals surface area (Å²) < 4.78 is 5.18. The summed E-state index contributed by atoms with van der Waals surface area (Å²) in [6, 6.07) is 7.69. The molecule has 0 radical (unpaired) electrons. The van der Waals surface area contributed by atoms with Crippen LogP contribution in [-0.2, 0) is 9.53 Å². The van der Waals surface area contributed by atoms with Gasteiger partial charge in [-0.2, -0.15) is 0 Å². The minimum Gasteiger partial charge on any atom is -0.408 e. The molecule has 0 saturated heterocycles. The van der Waals surface area contributed by atoms with Crippen molar-refractivity contribution in [3.05, 3.63) is 47.2 Å². The number of ether oxygens (including phenoxy) is 1. The lowest BCUT2D eigenvalue weighted by atomic mass is 10.1. The zero-order chi connectivity index (χ0) is 13.4. The number of esters is 1. The van der Waals surface area contributed by atoms with E-state index in [4.69, 9.17) is 4.74 Å². The smallest absolute Gasteiger partial charge is 0.390 e.